The summed E-state index contributed by atoms with van der Waals surface area (Å²) in [5, 5.41) is 8.44. The van der Waals surface area contributed by atoms with E-state index in [4.69, 9.17) is 20.6 Å². The number of carbonyl (C=O) groups excluding carboxylic acids is 1. The summed E-state index contributed by atoms with van der Waals surface area (Å²) in [6.45, 7) is 3.40. The number of hydrogen-bond donors (Lipinski definition) is 2. The molecule has 0 saturated carbocycles. The number of amides is 2. The molecule has 3 N–H and O–H groups in total. The molecule has 1 aliphatic heterocycles. The summed E-state index contributed by atoms with van der Waals surface area (Å²) in [4.78, 5) is 14.6. The second kappa shape index (κ2) is 12.5. The van der Waals surface area contributed by atoms with Crippen molar-refractivity contribution in [2.24, 2.45) is 5.73 Å². The van der Waals surface area contributed by atoms with Gasteiger partial charge in [-0.05, 0) is 54.8 Å². The van der Waals surface area contributed by atoms with Gasteiger partial charge in [0, 0.05) is 13.1 Å². The van der Waals surface area contributed by atoms with Crippen molar-refractivity contribution in [3.8, 4) is 0 Å². The number of urea groups is 1. The lowest BCUT2D eigenvalue weighted by molar-refractivity contribution is -0.227. The number of morpholine rings is 1. The molecule has 1 heterocycles. The maximum atomic E-state index is 13.7. The fraction of sp³-hybridized carbons (Fsp3) is 0.462. The highest BCUT2D eigenvalue weighted by molar-refractivity contribution is 5.96. The van der Waals surface area contributed by atoms with E-state index in [-0.39, 0.29) is 43.7 Å². The van der Waals surface area contributed by atoms with Gasteiger partial charge in [0.25, 0.3) is 0 Å². The molecule has 0 radical (unpaired) electrons. The number of nitrogens with two attached hydrogens (primary N) is 1. The normalized spacial score (nSPS) is 19.3. The number of nitrogens with one attached hydrogen (secondary N) is 1. The highest BCUT2D eigenvalue weighted by Crippen LogP contribution is 2.39. The molecule has 0 aliphatic carbocycles. The van der Waals surface area contributed by atoms with Gasteiger partial charge in [0.05, 0.1) is 36.4 Å². The lowest BCUT2D eigenvalue weighted by Gasteiger charge is -2.42. The van der Waals surface area contributed by atoms with Gasteiger partial charge < -0.3 is 15.2 Å². The number of benzene rings is 2. The SMILES string of the molecule is CCCN(C(=N)CN1CCO[C@H](O[C@H](C)c2cc(C(F)(F)F)cc(C(F)(F)F)c2)[C@@H]1c1ccc(F)cc1)C(N)=O. The second-order valence-corrected chi connectivity index (χ2v) is 9.26. The molecule has 0 bridgehead atoms. The van der Waals surface area contributed by atoms with Crippen LogP contribution in [0.25, 0.3) is 0 Å². The van der Waals surface area contributed by atoms with Crippen LogP contribution in [0.2, 0.25) is 0 Å². The molecule has 3 atom stereocenters. The molecule has 220 valence electrons. The highest BCUT2D eigenvalue weighted by Gasteiger charge is 2.40. The molecule has 7 nitrogen and oxygen atoms in total. The maximum Gasteiger partial charge on any atom is 0.416 e. The van der Waals surface area contributed by atoms with Crippen LogP contribution >= 0.6 is 0 Å². The van der Waals surface area contributed by atoms with Crippen molar-refractivity contribution >= 4 is 11.9 Å². The number of primary amides is 1. The Bertz CT molecular complexity index is 1160. The summed E-state index contributed by atoms with van der Waals surface area (Å²) >= 11 is 0. The first-order valence-corrected chi connectivity index (χ1v) is 12.3. The molecule has 1 fully saturated rings. The fourth-order valence-electron chi connectivity index (χ4n) is 4.38. The molecule has 1 saturated heterocycles. The van der Waals surface area contributed by atoms with Crippen LogP contribution in [-0.4, -0.2) is 54.2 Å². The topological polar surface area (TPSA) is 91.9 Å². The van der Waals surface area contributed by atoms with Gasteiger partial charge in [-0.25, -0.2) is 9.18 Å². The van der Waals surface area contributed by atoms with Crippen molar-refractivity contribution in [2.45, 2.75) is 51.1 Å². The average molecular weight is 579 g/mol. The van der Waals surface area contributed by atoms with Gasteiger partial charge in [-0.1, -0.05) is 19.1 Å². The molecule has 2 aromatic rings. The smallest absolute Gasteiger partial charge is 0.351 e. The zero-order valence-electron chi connectivity index (χ0n) is 21.7. The third kappa shape index (κ3) is 7.70. The van der Waals surface area contributed by atoms with Gasteiger partial charge in [-0.3, -0.25) is 15.2 Å². The molecule has 0 spiro atoms. The minimum Gasteiger partial charge on any atom is -0.351 e. The Morgan fingerprint density at radius 2 is 1.70 bits per heavy atom. The van der Waals surface area contributed by atoms with Gasteiger partial charge in [0.1, 0.15) is 11.7 Å². The lowest BCUT2D eigenvalue weighted by Crippen LogP contribution is -2.52. The number of hydrogen-bond acceptors (Lipinski definition) is 5. The lowest BCUT2D eigenvalue weighted by atomic mass is 10.0. The average Bonchev–Trinajstić information content (AvgIpc) is 2.86. The van der Waals surface area contributed by atoms with Crippen LogP contribution in [0, 0.1) is 11.2 Å². The van der Waals surface area contributed by atoms with E-state index in [2.05, 4.69) is 0 Å². The number of nitrogens with zero attached hydrogens (tertiary/aromatic N) is 2. The van der Waals surface area contributed by atoms with Gasteiger partial charge in [0.15, 0.2) is 6.29 Å². The van der Waals surface area contributed by atoms with E-state index >= 15 is 0 Å². The first kappa shape index (κ1) is 31.3. The van der Waals surface area contributed by atoms with Gasteiger partial charge in [0.2, 0.25) is 0 Å². The Morgan fingerprint density at radius 3 is 2.20 bits per heavy atom. The predicted molar refractivity (Wildman–Crippen MR) is 131 cm³/mol. The van der Waals surface area contributed by atoms with Crippen molar-refractivity contribution in [1.29, 1.82) is 5.41 Å². The number of amidine groups is 1. The zero-order chi connectivity index (χ0) is 29.8. The van der Waals surface area contributed by atoms with E-state index in [1.165, 1.54) is 31.2 Å². The zero-order valence-corrected chi connectivity index (χ0v) is 21.7. The van der Waals surface area contributed by atoms with E-state index < -0.39 is 53.8 Å². The minimum atomic E-state index is -5.03. The fourth-order valence-corrected chi connectivity index (χ4v) is 4.38. The first-order valence-electron chi connectivity index (χ1n) is 12.3. The van der Waals surface area contributed by atoms with Crippen LogP contribution in [0.4, 0.5) is 35.5 Å². The Kier molecular flexibility index (Phi) is 9.80. The molecule has 1 aliphatic rings. The van der Waals surface area contributed by atoms with Crippen molar-refractivity contribution in [3.05, 3.63) is 70.5 Å². The third-order valence-corrected chi connectivity index (χ3v) is 6.33. The van der Waals surface area contributed by atoms with Crippen molar-refractivity contribution in [2.75, 3.05) is 26.2 Å². The summed E-state index contributed by atoms with van der Waals surface area (Å²) in [7, 11) is 0. The van der Waals surface area contributed by atoms with Crippen LogP contribution in [0.3, 0.4) is 0 Å². The molecule has 3 rings (SSSR count). The molecule has 40 heavy (non-hydrogen) atoms. The number of carbonyl (C=O) groups is 1. The summed E-state index contributed by atoms with van der Waals surface area (Å²) in [5.74, 6) is -0.681. The van der Waals surface area contributed by atoms with Crippen LogP contribution < -0.4 is 5.73 Å². The van der Waals surface area contributed by atoms with Gasteiger partial charge >= 0.3 is 18.4 Å². The Balaban J connectivity index is 1.96. The van der Waals surface area contributed by atoms with E-state index in [0.717, 1.165) is 4.90 Å². The largest absolute Gasteiger partial charge is 0.416 e. The summed E-state index contributed by atoms with van der Waals surface area (Å²) < 4.78 is 106. The van der Waals surface area contributed by atoms with Crippen LogP contribution in [0.1, 0.15) is 54.7 Å². The molecule has 14 heteroatoms. The molecular weight excluding hydrogens is 549 g/mol. The number of alkyl halides is 6. The second-order valence-electron chi connectivity index (χ2n) is 9.26. The highest BCUT2D eigenvalue weighted by atomic mass is 19.4. The molecule has 2 amide bonds. The third-order valence-electron chi connectivity index (χ3n) is 6.33. The Morgan fingerprint density at radius 1 is 1.12 bits per heavy atom. The van der Waals surface area contributed by atoms with Crippen molar-refractivity contribution in [1.82, 2.24) is 9.80 Å². The Labute approximate surface area is 226 Å². The Hall–Kier alpha value is -3.23. The summed E-state index contributed by atoms with van der Waals surface area (Å²) in [5.41, 5.74) is 2.52. The molecule has 0 aromatic heterocycles. The van der Waals surface area contributed by atoms with E-state index in [0.29, 0.717) is 24.1 Å². The van der Waals surface area contributed by atoms with Gasteiger partial charge in [-0.15, -0.1) is 0 Å². The summed E-state index contributed by atoms with van der Waals surface area (Å²) in [6, 6.07) is 4.70. The van der Waals surface area contributed by atoms with Crippen LogP contribution in [-0.2, 0) is 21.8 Å². The molecule has 2 aromatic carbocycles. The first-order chi connectivity index (χ1) is 18.6. The number of halogens is 7. The molecule has 0 unspecified atom stereocenters. The standard InChI is InChI=1S/C26H29F7N4O3/c1-3-8-37(24(35)38)21(34)14-36-9-10-39-23(22(36)16-4-6-20(27)7-5-16)40-15(2)17-11-18(25(28,29)30)13-19(12-17)26(31,32)33/h4-7,11-13,15,22-23,34H,3,8-10,14H2,1-2H3,(H2,35,38)/t15-,22+,23-/m1/s1. The van der Waals surface area contributed by atoms with Gasteiger partial charge in [-0.2, -0.15) is 26.3 Å². The van der Waals surface area contributed by atoms with Crippen LogP contribution in [0.5, 0.6) is 0 Å². The van der Waals surface area contributed by atoms with E-state index in [1.54, 1.807) is 11.8 Å². The van der Waals surface area contributed by atoms with Crippen molar-refractivity contribution in [3.63, 3.8) is 0 Å². The van der Waals surface area contributed by atoms with E-state index in [9.17, 15) is 35.5 Å². The predicted octanol–water partition coefficient (Wildman–Crippen LogP) is 6.11. The minimum absolute atomic E-state index is 0.0305. The maximum absolute atomic E-state index is 13.7. The molecular formula is C26H29F7N4O3. The number of rotatable bonds is 8. The summed E-state index contributed by atoms with van der Waals surface area (Å²) in [6.07, 6.45) is -12.1. The van der Waals surface area contributed by atoms with Crippen LogP contribution in [0.15, 0.2) is 42.5 Å². The van der Waals surface area contributed by atoms with Crippen molar-refractivity contribution < 1.29 is 45.0 Å². The van der Waals surface area contributed by atoms with E-state index in [1.807, 2.05) is 0 Å². The number of ether oxygens (including phenoxy) is 2. The monoisotopic (exact) mass is 578 g/mol. The quantitative estimate of drug-likeness (QED) is 0.225.